The standard InChI is InChI=1S/C18H23N3O2/c1-11-12(2)19-15-8-7-13(10-14(11)15)17(22)21-9-5-6-16(21)18(23)20(3)4/h7-8,10,16,19H,5-6,9H2,1-4H3. The number of amides is 2. The number of fused-ring (bicyclic) bond motifs is 1. The van der Waals surface area contributed by atoms with Crippen LogP contribution in [-0.2, 0) is 4.79 Å². The summed E-state index contributed by atoms with van der Waals surface area (Å²) in [6.45, 7) is 4.73. The lowest BCUT2D eigenvalue weighted by molar-refractivity contribution is -0.132. The average Bonchev–Trinajstić information content (AvgIpc) is 3.11. The molecule has 1 aromatic carbocycles. The minimum Gasteiger partial charge on any atom is -0.358 e. The van der Waals surface area contributed by atoms with Crippen LogP contribution in [0.2, 0.25) is 0 Å². The summed E-state index contributed by atoms with van der Waals surface area (Å²) in [6.07, 6.45) is 1.62. The van der Waals surface area contributed by atoms with Crippen molar-refractivity contribution >= 4 is 22.7 Å². The lowest BCUT2D eigenvalue weighted by atomic mass is 10.1. The maximum Gasteiger partial charge on any atom is 0.254 e. The third kappa shape index (κ3) is 2.60. The summed E-state index contributed by atoms with van der Waals surface area (Å²) in [5.74, 6) is -0.0477. The van der Waals surface area contributed by atoms with E-state index in [1.807, 2.05) is 25.1 Å². The van der Waals surface area contributed by atoms with Crippen LogP contribution in [0, 0.1) is 13.8 Å². The smallest absolute Gasteiger partial charge is 0.254 e. The number of benzene rings is 1. The summed E-state index contributed by atoms with van der Waals surface area (Å²) < 4.78 is 0. The first-order valence-corrected chi connectivity index (χ1v) is 8.01. The van der Waals surface area contributed by atoms with Crippen molar-refractivity contribution in [1.29, 1.82) is 0 Å². The summed E-state index contributed by atoms with van der Waals surface area (Å²) >= 11 is 0. The molecule has 1 aromatic heterocycles. The summed E-state index contributed by atoms with van der Waals surface area (Å²) in [4.78, 5) is 31.8. The molecule has 0 saturated carbocycles. The molecule has 2 heterocycles. The van der Waals surface area contributed by atoms with Gasteiger partial charge in [0.1, 0.15) is 6.04 Å². The monoisotopic (exact) mass is 313 g/mol. The van der Waals surface area contributed by atoms with Gasteiger partial charge < -0.3 is 14.8 Å². The maximum absolute atomic E-state index is 12.9. The molecule has 2 amide bonds. The van der Waals surface area contributed by atoms with E-state index in [1.165, 1.54) is 0 Å². The van der Waals surface area contributed by atoms with Gasteiger partial charge in [-0.15, -0.1) is 0 Å². The highest BCUT2D eigenvalue weighted by Crippen LogP contribution is 2.26. The van der Waals surface area contributed by atoms with Crippen LogP contribution in [0.4, 0.5) is 0 Å². The van der Waals surface area contributed by atoms with Gasteiger partial charge in [0.15, 0.2) is 0 Å². The van der Waals surface area contributed by atoms with Crippen molar-refractivity contribution < 1.29 is 9.59 Å². The van der Waals surface area contributed by atoms with Crippen molar-refractivity contribution in [1.82, 2.24) is 14.8 Å². The van der Waals surface area contributed by atoms with Gasteiger partial charge in [0.25, 0.3) is 5.91 Å². The van der Waals surface area contributed by atoms with Gasteiger partial charge in [-0.05, 0) is 50.5 Å². The average molecular weight is 313 g/mol. The van der Waals surface area contributed by atoms with Crippen molar-refractivity contribution in [2.24, 2.45) is 0 Å². The molecule has 5 nitrogen and oxygen atoms in total. The predicted molar refractivity (Wildman–Crippen MR) is 90.5 cm³/mol. The molecule has 0 radical (unpaired) electrons. The van der Waals surface area contributed by atoms with Crippen molar-refractivity contribution in [3.8, 4) is 0 Å². The van der Waals surface area contributed by atoms with Crippen molar-refractivity contribution in [3.63, 3.8) is 0 Å². The van der Waals surface area contributed by atoms with Gasteiger partial charge in [0.2, 0.25) is 5.91 Å². The molecule has 0 aliphatic carbocycles. The lowest BCUT2D eigenvalue weighted by Gasteiger charge is -2.26. The Morgan fingerprint density at radius 2 is 2.00 bits per heavy atom. The molecule has 1 saturated heterocycles. The number of aryl methyl sites for hydroxylation is 2. The zero-order valence-corrected chi connectivity index (χ0v) is 14.1. The number of likely N-dealkylation sites (N-methyl/N-ethyl adjacent to an activating group) is 1. The Hall–Kier alpha value is -2.30. The highest BCUT2D eigenvalue weighted by Gasteiger charge is 2.35. The third-order valence-corrected chi connectivity index (χ3v) is 4.79. The zero-order valence-electron chi connectivity index (χ0n) is 14.1. The van der Waals surface area contributed by atoms with Gasteiger partial charge in [-0.3, -0.25) is 9.59 Å². The van der Waals surface area contributed by atoms with E-state index >= 15 is 0 Å². The van der Waals surface area contributed by atoms with E-state index in [0.29, 0.717) is 12.1 Å². The second kappa shape index (κ2) is 5.72. The Morgan fingerprint density at radius 3 is 2.70 bits per heavy atom. The van der Waals surface area contributed by atoms with Crippen LogP contribution in [0.3, 0.4) is 0 Å². The number of carbonyl (C=O) groups excluding carboxylic acids is 2. The first-order chi connectivity index (χ1) is 10.9. The summed E-state index contributed by atoms with van der Waals surface area (Å²) in [5.41, 5.74) is 3.97. The largest absolute Gasteiger partial charge is 0.358 e. The molecule has 2 aromatic rings. The van der Waals surface area contributed by atoms with Gasteiger partial charge in [-0.25, -0.2) is 0 Å². The molecule has 23 heavy (non-hydrogen) atoms. The fourth-order valence-electron chi connectivity index (χ4n) is 3.32. The third-order valence-electron chi connectivity index (χ3n) is 4.79. The molecular weight excluding hydrogens is 290 g/mol. The maximum atomic E-state index is 12.9. The van der Waals surface area contributed by atoms with Crippen molar-refractivity contribution in [3.05, 3.63) is 35.0 Å². The number of hydrogen-bond acceptors (Lipinski definition) is 2. The number of nitrogens with zero attached hydrogens (tertiary/aromatic N) is 2. The molecule has 3 rings (SSSR count). The van der Waals surface area contributed by atoms with E-state index in [2.05, 4.69) is 11.9 Å². The van der Waals surface area contributed by atoms with Crippen molar-refractivity contribution in [2.75, 3.05) is 20.6 Å². The highest BCUT2D eigenvalue weighted by atomic mass is 16.2. The van der Waals surface area contributed by atoms with Gasteiger partial charge in [0, 0.05) is 42.8 Å². The first kappa shape index (κ1) is 15.6. The summed E-state index contributed by atoms with van der Waals surface area (Å²) in [5, 5.41) is 1.07. The van der Waals surface area contributed by atoms with Gasteiger partial charge in [0.05, 0.1) is 0 Å². The zero-order chi connectivity index (χ0) is 16.7. The number of nitrogens with one attached hydrogen (secondary N) is 1. The van der Waals surface area contributed by atoms with E-state index in [1.54, 1.807) is 23.9 Å². The second-order valence-electron chi connectivity index (χ2n) is 6.52. The Bertz CT molecular complexity index is 776. The molecule has 0 bridgehead atoms. The molecule has 1 N–H and O–H groups in total. The van der Waals surface area contributed by atoms with Crippen LogP contribution in [0.15, 0.2) is 18.2 Å². The second-order valence-corrected chi connectivity index (χ2v) is 6.52. The number of hydrogen-bond donors (Lipinski definition) is 1. The molecule has 1 fully saturated rings. The molecule has 1 unspecified atom stereocenters. The molecule has 1 aliphatic rings. The van der Waals surface area contributed by atoms with E-state index in [0.717, 1.165) is 35.0 Å². The van der Waals surface area contributed by atoms with Crippen LogP contribution in [0.1, 0.15) is 34.5 Å². The lowest BCUT2D eigenvalue weighted by Crippen LogP contribution is -2.45. The summed E-state index contributed by atoms with van der Waals surface area (Å²) in [7, 11) is 3.47. The van der Waals surface area contributed by atoms with Crippen LogP contribution in [0.5, 0.6) is 0 Å². The fraction of sp³-hybridized carbons (Fsp3) is 0.444. The minimum absolute atomic E-state index is 0.00518. The Morgan fingerprint density at radius 1 is 1.26 bits per heavy atom. The van der Waals surface area contributed by atoms with E-state index in [9.17, 15) is 9.59 Å². The Balaban J connectivity index is 1.93. The van der Waals surface area contributed by atoms with Crippen LogP contribution < -0.4 is 0 Å². The fourth-order valence-corrected chi connectivity index (χ4v) is 3.32. The van der Waals surface area contributed by atoms with Crippen molar-refractivity contribution in [2.45, 2.75) is 32.7 Å². The van der Waals surface area contributed by atoms with Crippen LogP contribution in [-0.4, -0.2) is 53.3 Å². The molecular formula is C18H23N3O2. The topological polar surface area (TPSA) is 56.4 Å². The Kier molecular flexibility index (Phi) is 3.88. The number of rotatable bonds is 2. The molecule has 5 heteroatoms. The first-order valence-electron chi connectivity index (χ1n) is 8.01. The van der Waals surface area contributed by atoms with Gasteiger partial charge in [-0.1, -0.05) is 0 Å². The van der Waals surface area contributed by atoms with Gasteiger partial charge in [-0.2, -0.15) is 0 Å². The highest BCUT2D eigenvalue weighted by molar-refractivity contribution is 6.01. The van der Waals surface area contributed by atoms with Crippen LogP contribution in [0.25, 0.3) is 10.9 Å². The quantitative estimate of drug-likeness (QED) is 0.926. The molecule has 122 valence electrons. The Labute approximate surface area is 136 Å². The minimum atomic E-state index is -0.331. The normalized spacial score (nSPS) is 17.7. The number of aromatic amines is 1. The summed E-state index contributed by atoms with van der Waals surface area (Å²) in [6, 6.07) is 5.39. The number of H-pyrrole nitrogens is 1. The predicted octanol–water partition coefficient (Wildman–Crippen LogP) is 2.48. The number of likely N-dealkylation sites (tertiary alicyclic amines) is 1. The van der Waals surface area contributed by atoms with E-state index in [-0.39, 0.29) is 17.9 Å². The number of carbonyl (C=O) groups is 2. The van der Waals surface area contributed by atoms with Crippen LogP contribution >= 0.6 is 0 Å². The van der Waals surface area contributed by atoms with E-state index in [4.69, 9.17) is 0 Å². The van der Waals surface area contributed by atoms with Gasteiger partial charge >= 0.3 is 0 Å². The molecule has 1 aliphatic heterocycles. The number of aromatic nitrogens is 1. The SMILES string of the molecule is Cc1[nH]c2ccc(C(=O)N3CCCC3C(=O)N(C)C)cc2c1C. The molecule has 1 atom stereocenters. The molecule has 0 spiro atoms. The van der Waals surface area contributed by atoms with E-state index < -0.39 is 0 Å².